The molecule has 4 heterocycles. The molecule has 3 N–H and O–H groups in total. The van der Waals surface area contributed by atoms with Crippen LogP contribution in [0.5, 0.6) is 0 Å². The summed E-state index contributed by atoms with van der Waals surface area (Å²) >= 11 is 0. The number of fused-ring (bicyclic) bond motifs is 1. The summed E-state index contributed by atoms with van der Waals surface area (Å²) in [7, 11) is 3.61. The maximum Gasteiger partial charge on any atom is 0.320 e. The molecule has 4 rings (SSSR count). The monoisotopic (exact) mass is 558 g/mol. The van der Waals surface area contributed by atoms with Gasteiger partial charge in [0.05, 0.1) is 17.2 Å². The zero-order chi connectivity index (χ0) is 29.5. The van der Waals surface area contributed by atoms with Gasteiger partial charge in [-0.15, -0.1) is 5.10 Å². The number of nitrogens with zero attached hydrogens (tertiary/aromatic N) is 7. The number of hydrogen-bond donors (Lipinski definition) is 3. The summed E-state index contributed by atoms with van der Waals surface area (Å²) in [4.78, 5) is 27.9. The molecule has 3 aromatic heterocycles. The number of allylic oxidation sites excluding steroid dienone is 1. The Morgan fingerprint density at radius 2 is 1.88 bits per heavy atom. The molecule has 0 aromatic carbocycles. The van der Waals surface area contributed by atoms with Crippen molar-refractivity contribution in [3.63, 3.8) is 0 Å². The highest BCUT2D eigenvalue weighted by atomic mass is 16.2. The first-order valence-electron chi connectivity index (χ1n) is 14.2. The van der Waals surface area contributed by atoms with Gasteiger partial charge in [-0.1, -0.05) is 13.8 Å². The molecule has 0 saturated carbocycles. The van der Waals surface area contributed by atoms with Crippen molar-refractivity contribution in [3.05, 3.63) is 54.0 Å². The molecular formula is C30H42N10O. The van der Waals surface area contributed by atoms with E-state index >= 15 is 0 Å². The number of urea groups is 1. The second kappa shape index (κ2) is 13.5. The molecule has 1 aliphatic heterocycles. The average molecular weight is 559 g/mol. The SMILES string of the molecule is CC(C)c1cnnc(Nc2ccc3ncc(/C(C=N)=C/NCCCN4C[C@@H](C)N(C(=O)N(C)C)[C@@H](C)C4)cc3n2)c1. The predicted octanol–water partition coefficient (Wildman–Crippen LogP) is 4.33. The van der Waals surface area contributed by atoms with Crippen LogP contribution >= 0.6 is 0 Å². The number of nitrogens with one attached hydrogen (secondary N) is 3. The molecule has 3 aromatic rings. The Balaban J connectivity index is 1.34. The predicted molar refractivity (Wildman–Crippen MR) is 165 cm³/mol. The molecule has 2 amide bonds. The third-order valence-electron chi connectivity index (χ3n) is 7.28. The molecular weight excluding hydrogens is 516 g/mol. The number of carbonyl (C=O) groups is 1. The largest absolute Gasteiger partial charge is 0.390 e. The van der Waals surface area contributed by atoms with Gasteiger partial charge in [0.15, 0.2) is 5.82 Å². The summed E-state index contributed by atoms with van der Waals surface area (Å²) < 4.78 is 0. The van der Waals surface area contributed by atoms with E-state index in [4.69, 9.17) is 10.4 Å². The van der Waals surface area contributed by atoms with Gasteiger partial charge in [0, 0.05) is 75.6 Å². The Hall–Kier alpha value is -4.12. The van der Waals surface area contributed by atoms with Crippen LogP contribution in [0, 0.1) is 5.41 Å². The van der Waals surface area contributed by atoms with Gasteiger partial charge in [-0.3, -0.25) is 9.88 Å². The number of hydrogen-bond acceptors (Lipinski definition) is 9. The molecule has 0 spiro atoms. The van der Waals surface area contributed by atoms with Crippen LogP contribution in [0.2, 0.25) is 0 Å². The lowest BCUT2D eigenvalue weighted by molar-refractivity contribution is 0.0530. The van der Waals surface area contributed by atoms with Crippen molar-refractivity contribution in [3.8, 4) is 0 Å². The van der Waals surface area contributed by atoms with Crippen molar-refractivity contribution in [2.24, 2.45) is 0 Å². The quantitative estimate of drug-likeness (QED) is 0.248. The van der Waals surface area contributed by atoms with Crippen LogP contribution in [-0.4, -0.2) is 99.5 Å². The number of carbonyl (C=O) groups excluding carboxylic acids is 1. The standard InChI is InChI=1S/C30H42N10O/c1-20(2)23-13-29(37-34-17-23)36-28-9-8-26-27(35-28)12-24(16-33-26)25(14-31)15-32-10-7-11-39-18-21(3)40(22(4)19-39)30(41)38(5)6/h8-9,12-17,20-22,31-32H,7,10-11,18-19H2,1-6H3,(H,35,36,37)/b25-15+,31-14?/t21-,22+. The summed E-state index contributed by atoms with van der Waals surface area (Å²) in [6, 6.07) is 8.13. The van der Waals surface area contributed by atoms with E-state index in [0.29, 0.717) is 17.6 Å². The maximum atomic E-state index is 12.5. The normalized spacial score (nSPS) is 18.0. The van der Waals surface area contributed by atoms with Gasteiger partial charge in [-0.25, -0.2) is 9.78 Å². The fourth-order valence-corrected chi connectivity index (χ4v) is 5.14. The lowest BCUT2D eigenvalue weighted by Gasteiger charge is -2.45. The molecule has 11 heteroatoms. The van der Waals surface area contributed by atoms with Gasteiger partial charge >= 0.3 is 6.03 Å². The summed E-state index contributed by atoms with van der Waals surface area (Å²) in [5.41, 5.74) is 4.14. The van der Waals surface area contributed by atoms with E-state index in [1.807, 2.05) is 35.4 Å². The summed E-state index contributed by atoms with van der Waals surface area (Å²) in [6.07, 6.45) is 7.69. The van der Waals surface area contributed by atoms with Gasteiger partial charge in [-0.2, -0.15) is 5.10 Å². The van der Waals surface area contributed by atoms with Gasteiger partial charge in [-0.05, 0) is 62.6 Å². The lowest BCUT2D eigenvalue weighted by atomic mass is 10.1. The highest BCUT2D eigenvalue weighted by Gasteiger charge is 2.33. The minimum Gasteiger partial charge on any atom is -0.390 e. The van der Waals surface area contributed by atoms with Crippen LogP contribution in [0.4, 0.5) is 16.4 Å². The molecule has 218 valence electrons. The molecule has 0 bridgehead atoms. The minimum absolute atomic E-state index is 0.0761. The van der Waals surface area contributed by atoms with Crippen LogP contribution in [0.1, 0.15) is 51.2 Å². The first kappa shape index (κ1) is 29.9. The first-order chi connectivity index (χ1) is 19.7. The zero-order valence-corrected chi connectivity index (χ0v) is 24.9. The van der Waals surface area contributed by atoms with Crippen LogP contribution in [0.25, 0.3) is 16.6 Å². The molecule has 1 aliphatic rings. The number of pyridine rings is 2. The Morgan fingerprint density at radius 1 is 1.12 bits per heavy atom. The van der Waals surface area contributed by atoms with Gasteiger partial charge < -0.3 is 25.8 Å². The third-order valence-corrected chi connectivity index (χ3v) is 7.28. The van der Waals surface area contributed by atoms with Crippen molar-refractivity contribution >= 4 is 40.5 Å². The topological polar surface area (TPSA) is 126 Å². The summed E-state index contributed by atoms with van der Waals surface area (Å²) in [5, 5.41) is 22.8. The fraction of sp³-hybridized carbons (Fsp3) is 0.467. The number of aromatic nitrogens is 4. The van der Waals surface area contributed by atoms with Gasteiger partial charge in [0.1, 0.15) is 5.82 Å². The Bertz CT molecular complexity index is 1380. The van der Waals surface area contributed by atoms with E-state index in [0.717, 1.165) is 60.3 Å². The Morgan fingerprint density at radius 3 is 2.56 bits per heavy atom. The maximum absolute atomic E-state index is 12.5. The van der Waals surface area contributed by atoms with Crippen molar-refractivity contribution in [2.75, 3.05) is 45.6 Å². The number of rotatable bonds is 10. The molecule has 0 radical (unpaired) electrons. The highest BCUT2D eigenvalue weighted by molar-refractivity contribution is 6.08. The van der Waals surface area contributed by atoms with Gasteiger partial charge in [0.25, 0.3) is 0 Å². The molecule has 41 heavy (non-hydrogen) atoms. The number of piperazine rings is 1. The van der Waals surface area contributed by atoms with Crippen molar-refractivity contribution in [2.45, 2.75) is 52.1 Å². The summed E-state index contributed by atoms with van der Waals surface area (Å²) in [6.45, 7) is 11.9. The molecule has 11 nitrogen and oxygen atoms in total. The molecule has 0 unspecified atom stereocenters. The van der Waals surface area contributed by atoms with E-state index in [1.54, 1.807) is 31.4 Å². The number of anilines is 2. The third kappa shape index (κ3) is 7.55. The van der Waals surface area contributed by atoms with E-state index in [2.05, 4.69) is 58.4 Å². The Kier molecular flexibility index (Phi) is 9.82. The van der Waals surface area contributed by atoms with E-state index in [1.165, 1.54) is 6.21 Å². The molecule has 0 aliphatic carbocycles. The van der Waals surface area contributed by atoms with Crippen LogP contribution in [-0.2, 0) is 0 Å². The zero-order valence-electron chi connectivity index (χ0n) is 24.9. The second-order valence-electron chi connectivity index (χ2n) is 11.2. The van der Waals surface area contributed by atoms with Crippen LogP contribution < -0.4 is 10.6 Å². The van der Waals surface area contributed by atoms with Crippen LogP contribution in [0.15, 0.2) is 42.9 Å². The van der Waals surface area contributed by atoms with E-state index in [-0.39, 0.29) is 18.1 Å². The second-order valence-corrected chi connectivity index (χ2v) is 11.2. The highest BCUT2D eigenvalue weighted by Crippen LogP contribution is 2.22. The number of amides is 2. The van der Waals surface area contributed by atoms with Crippen LogP contribution in [0.3, 0.4) is 0 Å². The molecule has 1 saturated heterocycles. The minimum atomic E-state index is 0.0761. The van der Waals surface area contributed by atoms with Crippen molar-refractivity contribution in [1.29, 1.82) is 5.41 Å². The van der Waals surface area contributed by atoms with E-state index < -0.39 is 0 Å². The summed E-state index contributed by atoms with van der Waals surface area (Å²) in [5.74, 6) is 1.65. The van der Waals surface area contributed by atoms with Crippen molar-refractivity contribution in [1.82, 2.24) is 40.2 Å². The average Bonchev–Trinajstić information content (AvgIpc) is 2.94. The van der Waals surface area contributed by atoms with Crippen molar-refractivity contribution < 1.29 is 4.79 Å². The fourth-order valence-electron chi connectivity index (χ4n) is 5.14. The lowest BCUT2D eigenvalue weighted by Crippen LogP contribution is -2.60. The molecule has 2 atom stereocenters. The first-order valence-corrected chi connectivity index (χ1v) is 14.2. The molecule has 1 fully saturated rings. The Labute approximate surface area is 242 Å². The van der Waals surface area contributed by atoms with Gasteiger partial charge in [0.2, 0.25) is 0 Å². The smallest absolute Gasteiger partial charge is 0.320 e. The van der Waals surface area contributed by atoms with E-state index in [9.17, 15) is 4.79 Å².